The van der Waals surface area contributed by atoms with Gasteiger partial charge in [-0.15, -0.1) is 0 Å². The molecule has 3 rings (SSSR count). The van der Waals surface area contributed by atoms with Crippen LogP contribution in [0.4, 0.5) is 0 Å². The van der Waals surface area contributed by atoms with Crippen LogP contribution < -0.4 is 15.6 Å². The van der Waals surface area contributed by atoms with E-state index in [-0.39, 0.29) is 24.0 Å². The molecule has 1 amide bonds. The van der Waals surface area contributed by atoms with Crippen LogP contribution in [-0.2, 0) is 4.79 Å². The minimum absolute atomic E-state index is 0.0221. The summed E-state index contributed by atoms with van der Waals surface area (Å²) in [5.41, 5.74) is 8.56. The number of hydrogen-bond acceptors (Lipinski definition) is 5. The highest BCUT2D eigenvalue weighted by molar-refractivity contribution is 5.82. The highest BCUT2D eigenvalue weighted by Crippen LogP contribution is 2.28. The lowest BCUT2D eigenvalue weighted by Crippen LogP contribution is -2.45. The molecule has 1 aromatic carbocycles. The van der Waals surface area contributed by atoms with Crippen LogP contribution >= 0.6 is 0 Å². The second-order valence-electron chi connectivity index (χ2n) is 6.57. The van der Waals surface area contributed by atoms with Crippen molar-refractivity contribution in [1.29, 1.82) is 0 Å². The van der Waals surface area contributed by atoms with Crippen LogP contribution in [0.1, 0.15) is 43.0 Å². The van der Waals surface area contributed by atoms with E-state index in [2.05, 4.69) is 22.8 Å². The van der Waals surface area contributed by atoms with Crippen LogP contribution in [0.25, 0.3) is 0 Å². The Morgan fingerprint density at radius 3 is 2.88 bits per heavy atom. The van der Waals surface area contributed by atoms with E-state index in [0.29, 0.717) is 6.42 Å². The van der Waals surface area contributed by atoms with Crippen LogP contribution in [-0.4, -0.2) is 36.0 Å². The van der Waals surface area contributed by atoms with Gasteiger partial charge in [0.1, 0.15) is 11.8 Å². The molecular formula is C20H26N4O2. The van der Waals surface area contributed by atoms with Gasteiger partial charge in [-0.3, -0.25) is 9.78 Å². The van der Waals surface area contributed by atoms with Gasteiger partial charge < -0.3 is 9.64 Å². The van der Waals surface area contributed by atoms with Crippen molar-refractivity contribution in [2.75, 3.05) is 14.2 Å². The highest BCUT2D eigenvalue weighted by atomic mass is 16.5. The van der Waals surface area contributed by atoms with Gasteiger partial charge in [-0.2, -0.15) is 0 Å². The molecule has 0 aliphatic carbocycles. The number of hydrazine groups is 1. The van der Waals surface area contributed by atoms with Crippen molar-refractivity contribution in [3.05, 3.63) is 59.9 Å². The first-order valence-electron chi connectivity index (χ1n) is 8.95. The second-order valence-corrected chi connectivity index (χ2v) is 6.57. The third-order valence-corrected chi connectivity index (χ3v) is 4.97. The van der Waals surface area contributed by atoms with Crippen molar-refractivity contribution in [1.82, 2.24) is 20.7 Å². The quantitative estimate of drug-likeness (QED) is 0.835. The van der Waals surface area contributed by atoms with E-state index < -0.39 is 0 Å². The molecule has 1 aliphatic heterocycles. The summed E-state index contributed by atoms with van der Waals surface area (Å²) in [6, 6.07) is 11.7. The lowest BCUT2D eigenvalue weighted by Gasteiger charge is -2.29. The molecule has 0 spiro atoms. The Labute approximate surface area is 154 Å². The zero-order valence-electron chi connectivity index (χ0n) is 15.5. The van der Waals surface area contributed by atoms with Crippen molar-refractivity contribution in [3.8, 4) is 5.75 Å². The third-order valence-electron chi connectivity index (χ3n) is 4.97. The van der Waals surface area contributed by atoms with Gasteiger partial charge in [0.15, 0.2) is 0 Å². The molecule has 6 nitrogen and oxygen atoms in total. The van der Waals surface area contributed by atoms with E-state index in [1.165, 1.54) is 0 Å². The SMILES string of the molecule is CCC(c1cccnc1)N(C)C(=O)C1CC(c2cccc(OC)c2)NN1. The van der Waals surface area contributed by atoms with E-state index in [9.17, 15) is 4.79 Å². The average molecular weight is 354 g/mol. The fourth-order valence-electron chi connectivity index (χ4n) is 3.50. The number of hydrogen-bond donors (Lipinski definition) is 2. The first-order chi connectivity index (χ1) is 12.6. The molecule has 6 heteroatoms. The number of methoxy groups -OCH3 is 1. The fraction of sp³-hybridized carbons (Fsp3) is 0.400. The Bertz CT molecular complexity index is 738. The number of carbonyl (C=O) groups is 1. The lowest BCUT2D eigenvalue weighted by atomic mass is 10.00. The maximum Gasteiger partial charge on any atom is 0.241 e. The summed E-state index contributed by atoms with van der Waals surface area (Å²) in [6.07, 6.45) is 5.11. The second kappa shape index (κ2) is 8.29. The van der Waals surface area contributed by atoms with Crippen LogP contribution in [0.3, 0.4) is 0 Å². The third kappa shape index (κ3) is 3.86. The predicted molar refractivity (Wildman–Crippen MR) is 100 cm³/mol. The van der Waals surface area contributed by atoms with Crippen molar-refractivity contribution in [3.63, 3.8) is 0 Å². The largest absolute Gasteiger partial charge is 0.497 e. The number of pyridine rings is 1. The molecule has 3 atom stereocenters. The molecule has 2 N–H and O–H groups in total. The number of ether oxygens (including phenoxy) is 1. The fourth-order valence-corrected chi connectivity index (χ4v) is 3.50. The molecule has 3 unspecified atom stereocenters. The number of nitrogens with one attached hydrogen (secondary N) is 2. The summed E-state index contributed by atoms with van der Waals surface area (Å²) in [7, 11) is 3.52. The van der Waals surface area contributed by atoms with Gasteiger partial charge in [0.05, 0.1) is 13.2 Å². The van der Waals surface area contributed by atoms with Gasteiger partial charge >= 0.3 is 0 Å². The zero-order valence-corrected chi connectivity index (χ0v) is 15.5. The van der Waals surface area contributed by atoms with E-state index in [0.717, 1.165) is 23.3 Å². The average Bonchev–Trinajstić information content (AvgIpc) is 3.19. The van der Waals surface area contributed by atoms with E-state index >= 15 is 0 Å². The number of aromatic nitrogens is 1. The summed E-state index contributed by atoms with van der Waals surface area (Å²) in [5.74, 6) is 0.900. The van der Waals surface area contributed by atoms with Crippen molar-refractivity contribution >= 4 is 5.91 Å². The van der Waals surface area contributed by atoms with Crippen LogP contribution in [0.5, 0.6) is 5.75 Å². The van der Waals surface area contributed by atoms with Crippen molar-refractivity contribution in [2.45, 2.75) is 37.9 Å². The standard InChI is InChI=1S/C20H26N4O2/c1-4-19(15-8-6-10-21-13-15)24(2)20(25)18-12-17(22-23-18)14-7-5-9-16(11-14)26-3/h5-11,13,17-19,22-23H,4,12H2,1-3H3. The molecule has 2 heterocycles. The van der Waals surface area contributed by atoms with Crippen molar-refractivity contribution < 1.29 is 9.53 Å². The topological polar surface area (TPSA) is 66.5 Å². The molecule has 2 aromatic rings. The van der Waals surface area contributed by atoms with E-state index in [4.69, 9.17) is 4.74 Å². The Balaban J connectivity index is 1.68. The predicted octanol–water partition coefficient (Wildman–Crippen LogP) is 2.61. The Morgan fingerprint density at radius 2 is 2.19 bits per heavy atom. The molecule has 1 saturated heterocycles. The van der Waals surface area contributed by atoms with Crippen molar-refractivity contribution in [2.24, 2.45) is 0 Å². The van der Waals surface area contributed by atoms with Crippen LogP contribution in [0.15, 0.2) is 48.8 Å². The van der Waals surface area contributed by atoms with Gasteiger partial charge in [-0.1, -0.05) is 25.1 Å². The lowest BCUT2D eigenvalue weighted by molar-refractivity contribution is -0.134. The molecule has 0 saturated carbocycles. The number of nitrogens with zero attached hydrogens (tertiary/aromatic N) is 2. The smallest absolute Gasteiger partial charge is 0.241 e. The van der Waals surface area contributed by atoms with E-state index in [1.54, 1.807) is 13.3 Å². The first kappa shape index (κ1) is 18.4. The maximum atomic E-state index is 13.0. The van der Waals surface area contributed by atoms with Gasteiger partial charge in [-0.25, -0.2) is 10.9 Å². The molecule has 1 fully saturated rings. The Morgan fingerprint density at radius 1 is 1.35 bits per heavy atom. The maximum absolute atomic E-state index is 13.0. The van der Waals surface area contributed by atoms with Gasteiger partial charge in [-0.05, 0) is 42.2 Å². The molecule has 138 valence electrons. The molecule has 1 aliphatic rings. The minimum Gasteiger partial charge on any atom is -0.497 e. The summed E-state index contributed by atoms with van der Waals surface area (Å²) in [5, 5.41) is 0. The summed E-state index contributed by atoms with van der Waals surface area (Å²) < 4.78 is 5.29. The highest BCUT2D eigenvalue weighted by Gasteiger charge is 2.34. The summed E-state index contributed by atoms with van der Waals surface area (Å²) in [6.45, 7) is 2.08. The number of carbonyl (C=O) groups excluding carboxylic acids is 1. The van der Waals surface area contributed by atoms with Gasteiger partial charge in [0.2, 0.25) is 5.91 Å². The van der Waals surface area contributed by atoms with Crippen LogP contribution in [0, 0.1) is 0 Å². The minimum atomic E-state index is -0.262. The monoisotopic (exact) mass is 354 g/mol. The first-order valence-corrected chi connectivity index (χ1v) is 8.95. The molecule has 0 bridgehead atoms. The Hall–Kier alpha value is -2.44. The molecule has 0 radical (unpaired) electrons. The van der Waals surface area contributed by atoms with E-state index in [1.807, 2.05) is 54.5 Å². The normalized spacial score (nSPS) is 20.6. The van der Waals surface area contributed by atoms with Crippen LogP contribution in [0.2, 0.25) is 0 Å². The number of benzene rings is 1. The zero-order chi connectivity index (χ0) is 18.5. The number of amides is 1. The molecule has 1 aromatic heterocycles. The number of likely N-dealkylation sites (N-methyl/N-ethyl adjacent to an activating group) is 1. The summed E-state index contributed by atoms with van der Waals surface area (Å²) >= 11 is 0. The van der Waals surface area contributed by atoms with Gasteiger partial charge in [0, 0.05) is 25.5 Å². The number of rotatable bonds is 6. The molecular weight excluding hydrogens is 328 g/mol. The molecule has 26 heavy (non-hydrogen) atoms. The van der Waals surface area contributed by atoms with Gasteiger partial charge in [0.25, 0.3) is 0 Å². The Kier molecular flexibility index (Phi) is 5.85. The summed E-state index contributed by atoms with van der Waals surface area (Å²) in [4.78, 5) is 19.0.